The van der Waals surface area contributed by atoms with Crippen molar-refractivity contribution in [1.29, 1.82) is 0 Å². The zero-order chi connectivity index (χ0) is 27.9. The van der Waals surface area contributed by atoms with E-state index in [-0.39, 0.29) is 10.9 Å². The number of unbranched alkanes of at least 4 members (excludes halogenated alkanes) is 8. The van der Waals surface area contributed by atoms with Crippen LogP contribution < -0.4 is 0 Å². The minimum atomic E-state index is -0.299. The van der Waals surface area contributed by atoms with Crippen LogP contribution in [0.25, 0.3) is 0 Å². The number of thioether (sulfide) groups is 2. The highest BCUT2D eigenvalue weighted by molar-refractivity contribution is 8.22. The smallest absolute Gasteiger partial charge is 0.136 e. The molecule has 0 rings (SSSR count). The van der Waals surface area contributed by atoms with Crippen LogP contribution in [0.5, 0.6) is 0 Å². The highest BCUT2D eigenvalue weighted by Crippen LogP contribution is 2.31. The summed E-state index contributed by atoms with van der Waals surface area (Å²) in [4.78, 5) is 2.51. The van der Waals surface area contributed by atoms with E-state index in [4.69, 9.17) is 12.2 Å². The number of hydrogen-bond acceptors (Lipinski definition) is 4. The number of hydrogen-bond donors (Lipinski definition) is 1. The van der Waals surface area contributed by atoms with Gasteiger partial charge in [-0.15, -0.1) is 0 Å². The second kappa shape index (κ2) is 24.4. The minimum absolute atomic E-state index is 0.239. The van der Waals surface area contributed by atoms with E-state index in [1.807, 2.05) is 11.8 Å². The minimum Gasteiger partial charge on any atom is -0.391 e. The van der Waals surface area contributed by atoms with Gasteiger partial charge in [0.2, 0.25) is 0 Å². The van der Waals surface area contributed by atoms with Gasteiger partial charge in [0.15, 0.2) is 0 Å². The monoisotopic (exact) mass is 575 g/mol. The van der Waals surface area contributed by atoms with Gasteiger partial charge in [-0.25, -0.2) is 0 Å². The van der Waals surface area contributed by atoms with Crippen LogP contribution in [0, 0.1) is 11.8 Å². The number of rotatable bonds is 25. The largest absolute Gasteiger partial charge is 0.391 e. The van der Waals surface area contributed by atoms with Gasteiger partial charge in [-0.2, -0.15) is 11.8 Å². The second-order valence-corrected chi connectivity index (χ2v) is 15.3. The second-order valence-electron chi connectivity index (χ2n) is 11.9. The van der Waals surface area contributed by atoms with Crippen LogP contribution in [-0.4, -0.2) is 49.8 Å². The van der Waals surface area contributed by atoms with E-state index >= 15 is 0 Å². The molecule has 2 nitrogen and oxygen atoms in total. The zero-order valence-electron chi connectivity index (χ0n) is 26.0. The highest BCUT2D eigenvalue weighted by Gasteiger charge is 2.22. The van der Waals surface area contributed by atoms with Crippen molar-refractivity contribution in [3.63, 3.8) is 0 Å². The van der Waals surface area contributed by atoms with Crippen LogP contribution in [0.15, 0.2) is 0 Å². The first-order chi connectivity index (χ1) is 17.7. The van der Waals surface area contributed by atoms with Gasteiger partial charge in [0.1, 0.15) is 4.32 Å². The Morgan fingerprint density at radius 1 is 0.730 bits per heavy atom. The Morgan fingerprint density at radius 3 is 1.70 bits per heavy atom. The molecule has 3 atom stereocenters. The molecule has 0 saturated carbocycles. The third-order valence-electron chi connectivity index (χ3n) is 7.75. The van der Waals surface area contributed by atoms with E-state index < -0.39 is 0 Å². The normalized spacial score (nSPS) is 14.5. The van der Waals surface area contributed by atoms with E-state index in [0.717, 1.165) is 35.0 Å². The van der Waals surface area contributed by atoms with Gasteiger partial charge in [-0.05, 0) is 31.1 Å². The summed E-state index contributed by atoms with van der Waals surface area (Å²) in [6, 6.07) is 0. The van der Waals surface area contributed by atoms with Crippen LogP contribution in [0.2, 0.25) is 0 Å². The van der Waals surface area contributed by atoms with Gasteiger partial charge in [0.25, 0.3) is 0 Å². The molecule has 5 heteroatoms. The van der Waals surface area contributed by atoms with Gasteiger partial charge < -0.3 is 10.0 Å². The lowest BCUT2D eigenvalue weighted by atomic mass is 9.96. The van der Waals surface area contributed by atoms with Crippen molar-refractivity contribution < 1.29 is 5.11 Å². The van der Waals surface area contributed by atoms with E-state index in [1.54, 1.807) is 11.8 Å². The predicted molar refractivity (Wildman–Crippen MR) is 178 cm³/mol. The van der Waals surface area contributed by atoms with Gasteiger partial charge in [-0.3, -0.25) is 0 Å². The molecule has 37 heavy (non-hydrogen) atoms. The fourth-order valence-corrected chi connectivity index (χ4v) is 7.23. The fraction of sp³-hybridized carbons (Fsp3) is 0.969. The van der Waals surface area contributed by atoms with E-state index in [9.17, 15) is 5.11 Å². The van der Waals surface area contributed by atoms with Crippen LogP contribution >= 0.6 is 35.7 Å². The van der Waals surface area contributed by atoms with Gasteiger partial charge in [0.05, 0.1) is 6.10 Å². The first kappa shape index (κ1) is 37.6. The molecule has 1 N–H and O–H groups in total. The summed E-state index contributed by atoms with van der Waals surface area (Å²) in [7, 11) is 0. The number of nitrogens with zero attached hydrogens (tertiary/aromatic N) is 1. The number of aliphatic hydroxyl groups is 1. The summed E-state index contributed by atoms with van der Waals surface area (Å²) in [5.74, 6) is 2.96. The standard InChI is InChI=1S/C32H65NOS3/c1-8-13-16-17-18-19-20-23-32(6,7)37-27-30(34)26-36-31(35)33(24-28(11-4)21-14-9-2)25-29(12-5)22-15-10-3/h28-30,34H,8-27H2,1-7H3. The Morgan fingerprint density at radius 2 is 1.22 bits per heavy atom. The van der Waals surface area contributed by atoms with Crippen molar-refractivity contribution in [1.82, 2.24) is 4.90 Å². The summed E-state index contributed by atoms with van der Waals surface area (Å²) in [5, 5.41) is 10.8. The van der Waals surface area contributed by atoms with Crippen molar-refractivity contribution in [3.8, 4) is 0 Å². The molecular weight excluding hydrogens is 511 g/mol. The Labute approximate surface area is 247 Å². The maximum absolute atomic E-state index is 10.8. The van der Waals surface area contributed by atoms with Crippen molar-refractivity contribution in [2.75, 3.05) is 24.6 Å². The first-order valence-electron chi connectivity index (χ1n) is 16.0. The predicted octanol–water partition coefficient (Wildman–Crippen LogP) is 10.8. The average Bonchev–Trinajstić information content (AvgIpc) is 2.89. The van der Waals surface area contributed by atoms with Crippen LogP contribution in [-0.2, 0) is 0 Å². The lowest BCUT2D eigenvalue weighted by Gasteiger charge is -2.32. The fourth-order valence-electron chi connectivity index (χ4n) is 4.89. The quantitative estimate of drug-likeness (QED) is 0.0861. The van der Waals surface area contributed by atoms with Gasteiger partial charge >= 0.3 is 0 Å². The Balaban J connectivity index is 4.66. The van der Waals surface area contributed by atoms with Gasteiger partial charge in [0, 0.05) is 29.3 Å². The molecule has 0 aromatic carbocycles. The zero-order valence-corrected chi connectivity index (χ0v) is 28.4. The molecule has 0 aliphatic carbocycles. The molecule has 0 aliphatic heterocycles. The molecule has 0 aromatic heterocycles. The molecule has 0 fully saturated rings. The molecule has 0 aromatic rings. The Kier molecular flexibility index (Phi) is 24.7. The third-order valence-corrected chi connectivity index (χ3v) is 11.0. The molecule has 0 saturated heterocycles. The molecule has 0 bridgehead atoms. The maximum Gasteiger partial charge on any atom is 0.136 e. The molecule has 0 spiro atoms. The molecular formula is C32H65NOS3. The molecule has 3 unspecified atom stereocenters. The van der Waals surface area contributed by atoms with Gasteiger partial charge in [-0.1, -0.05) is 156 Å². The molecule has 0 radical (unpaired) electrons. The van der Waals surface area contributed by atoms with Crippen molar-refractivity contribution in [2.24, 2.45) is 11.8 Å². The number of aliphatic hydroxyl groups excluding tert-OH is 1. The number of thiocarbonyl (C=S) groups is 1. The van der Waals surface area contributed by atoms with E-state index in [1.165, 1.54) is 103 Å². The highest BCUT2D eigenvalue weighted by atomic mass is 32.2. The summed E-state index contributed by atoms with van der Waals surface area (Å²) in [5.41, 5.74) is 0. The van der Waals surface area contributed by atoms with Crippen molar-refractivity contribution in [3.05, 3.63) is 0 Å². The summed E-state index contributed by atoms with van der Waals surface area (Å²) in [6.07, 6.45) is 20.7. The SMILES string of the molecule is CCCCCCCCCC(C)(C)SCC(O)CSC(=S)N(CC(CC)CCCC)CC(CC)CCCC. The lowest BCUT2D eigenvalue weighted by molar-refractivity contribution is 0.224. The van der Waals surface area contributed by atoms with Crippen molar-refractivity contribution in [2.45, 2.75) is 162 Å². The molecule has 0 heterocycles. The first-order valence-corrected chi connectivity index (χ1v) is 18.3. The van der Waals surface area contributed by atoms with Crippen molar-refractivity contribution >= 4 is 40.1 Å². The summed E-state index contributed by atoms with van der Waals surface area (Å²) in [6.45, 7) is 18.4. The molecule has 0 amide bonds. The van der Waals surface area contributed by atoms with Crippen LogP contribution in [0.3, 0.4) is 0 Å². The lowest BCUT2D eigenvalue weighted by Crippen LogP contribution is -2.37. The Bertz CT molecular complexity index is 510. The van der Waals surface area contributed by atoms with Crippen LogP contribution in [0.4, 0.5) is 0 Å². The van der Waals surface area contributed by atoms with E-state index in [0.29, 0.717) is 5.75 Å². The summed E-state index contributed by atoms with van der Waals surface area (Å²) < 4.78 is 1.25. The molecule has 222 valence electrons. The van der Waals surface area contributed by atoms with E-state index in [2.05, 4.69) is 53.4 Å². The Hall–Kier alpha value is 0.550. The van der Waals surface area contributed by atoms with Crippen LogP contribution in [0.1, 0.15) is 151 Å². The third kappa shape index (κ3) is 21.0. The molecule has 0 aliphatic rings. The average molecular weight is 576 g/mol. The summed E-state index contributed by atoms with van der Waals surface area (Å²) >= 11 is 9.65. The topological polar surface area (TPSA) is 23.5 Å². The maximum atomic E-state index is 10.8.